The van der Waals surface area contributed by atoms with Crippen LogP contribution in [0.5, 0.6) is 0 Å². The number of fused-ring (bicyclic) bond motifs is 1. The molecule has 0 saturated carbocycles. The first-order valence-electron chi connectivity index (χ1n) is 14.4. The van der Waals surface area contributed by atoms with Gasteiger partial charge in [0.2, 0.25) is 15.9 Å². The van der Waals surface area contributed by atoms with E-state index < -0.39 is 39.7 Å². The number of carbonyl (C=O) groups is 3. The van der Waals surface area contributed by atoms with E-state index in [1.54, 1.807) is 37.8 Å². The molecule has 1 atom stereocenters. The van der Waals surface area contributed by atoms with Gasteiger partial charge in [-0.1, -0.05) is 12.1 Å². The van der Waals surface area contributed by atoms with Crippen molar-refractivity contribution in [3.8, 4) is 0 Å². The molecule has 2 amide bonds. The van der Waals surface area contributed by atoms with Crippen molar-refractivity contribution in [2.45, 2.75) is 63.6 Å². The van der Waals surface area contributed by atoms with Crippen molar-refractivity contribution < 1.29 is 32.3 Å². The number of hydrogen-bond acceptors (Lipinski definition) is 9. The van der Waals surface area contributed by atoms with Gasteiger partial charge in [0.25, 0.3) is 0 Å². The number of likely N-dealkylation sites (N-methyl/N-ethyl adjacent to an activating group) is 1. The third kappa shape index (κ3) is 7.94. The summed E-state index contributed by atoms with van der Waals surface area (Å²) in [6.45, 7) is 12.3. The zero-order valence-corrected chi connectivity index (χ0v) is 27.1. The molecule has 1 unspecified atom stereocenters. The molecule has 4 rings (SSSR count). The first kappa shape index (κ1) is 32.9. The van der Waals surface area contributed by atoms with Gasteiger partial charge in [-0.3, -0.25) is 14.6 Å². The highest BCUT2D eigenvalue weighted by Crippen LogP contribution is 2.39. The molecule has 0 radical (unpaired) electrons. The number of anilines is 2. The topological polar surface area (TPSA) is 138 Å². The Morgan fingerprint density at radius 3 is 2.27 bits per heavy atom. The highest BCUT2D eigenvalue weighted by atomic mass is 32.2. The predicted molar refractivity (Wildman–Crippen MR) is 168 cm³/mol. The van der Waals surface area contributed by atoms with Crippen molar-refractivity contribution in [3.63, 3.8) is 0 Å². The van der Waals surface area contributed by atoms with Gasteiger partial charge in [0.15, 0.2) is 0 Å². The van der Waals surface area contributed by atoms with Crippen LogP contribution in [0.4, 0.5) is 21.9 Å². The molecule has 1 saturated heterocycles. The maximum absolute atomic E-state index is 13.2. The van der Waals surface area contributed by atoms with Gasteiger partial charge in [0, 0.05) is 56.4 Å². The molecule has 44 heavy (non-hydrogen) atoms. The number of nitrogens with one attached hydrogen (secondary N) is 1. The molecule has 2 aliphatic rings. The summed E-state index contributed by atoms with van der Waals surface area (Å²) < 4.78 is 38.0. The Balaban J connectivity index is 1.50. The van der Waals surface area contributed by atoms with Crippen LogP contribution in [-0.4, -0.2) is 92.8 Å². The van der Waals surface area contributed by atoms with Gasteiger partial charge in [0.05, 0.1) is 10.6 Å². The quantitative estimate of drug-likeness (QED) is 0.357. The van der Waals surface area contributed by atoms with Gasteiger partial charge in [-0.05, 0) is 71.9 Å². The average Bonchev–Trinajstić information content (AvgIpc) is 3.25. The maximum atomic E-state index is 13.2. The minimum atomic E-state index is -4.02. The second-order valence-electron chi connectivity index (χ2n) is 12.8. The number of benzene rings is 2. The molecular formula is C31H41N5O7S. The zero-order valence-electron chi connectivity index (χ0n) is 26.3. The Hall–Kier alpha value is -3.97. The van der Waals surface area contributed by atoms with Crippen molar-refractivity contribution in [1.29, 1.82) is 0 Å². The lowest BCUT2D eigenvalue weighted by atomic mass is 9.98. The highest BCUT2D eigenvalue weighted by molar-refractivity contribution is 7.89. The van der Waals surface area contributed by atoms with Crippen LogP contribution in [0, 0.1) is 0 Å². The summed E-state index contributed by atoms with van der Waals surface area (Å²) in [5.41, 5.74) is 1.33. The number of piperazine rings is 1. The van der Waals surface area contributed by atoms with Crippen LogP contribution < -0.4 is 10.2 Å². The van der Waals surface area contributed by atoms with Gasteiger partial charge < -0.3 is 24.6 Å². The van der Waals surface area contributed by atoms with Crippen LogP contribution in [0.15, 0.2) is 52.4 Å². The number of amides is 2. The molecule has 2 heterocycles. The minimum absolute atomic E-state index is 0.0435. The van der Waals surface area contributed by atoms with Crippen LogP contribution >= 0.6 is 0 Å². The number of ether oxygens (including phenoxy) is 2. The summed E-state index contributed by atoms with van der Waals surface area (Å²) in [7, 11) is -2.71. The number of hydrogen-bond donors (Lipinski definition) is 1. The average molecular weight is 628 g/mol. The molecule has 2 aromatic carbocycles. The van der Waals surface area contributed by atoms with Gasteiger partial charge in [-0.15, -0.1) is 0 Å². The van der Waals surface area contributed by atoms with Crippen molar-refractivity contribution in [3.05, 3.63) is 48.0 Å². The fourth-order valence-corrected chi connectivity index (χ4v) is 6.07. The lowest BCUT2D eigenvalue weighted by molar-refractivity contribution is -0.154. The second kappa shape index (κ2) is 12.6. The van der Waals surface area contributed by atoms with E-state index in [2.05, 4.69) is 15.2 Å². The Morgan fingerprint density at radius 2 is 1.64 bits per heavy atom. The fourth-order valence-electron chi connectivity index (χ4n) is 4.91. The molecule has 0 aliphatic carbocycles. The van der Waals surface area contributed by atoms with Gasteiger partial charge in [0.1, 0.15) is 23.7 Å². The molecule has 0 spiro atoms. The second-order valence-corrected chi connectivity index (χ2v) is 14.8. The van der Waals surface area contributed by atoms with Gasteiger partial charge in [-0.2, -0.15) is 4.31 Å². The van der Waals surface area contributed by atoms with Gasteiger partial charge >= 0.3 is 12.1 Å². The third-order valence-corrected chi connectivity index (χ3v) is 8.68. The Bertz CT molecular complexity index is 1550. The fraction of sp³-hybridized carbons (Fsp3) is 0.484. The number of sulfonamides is 1. The van der Waals surface area contributed by atoms with E-state index in [1.165, 1.54) is 25.4 Å². The largest absolute Gasteiger partial charge is 0.459 e. The van der Waals surface area contributed by atoms with Crippen LogP contribution in [0.2, 0.25) is 0 Å². The smallest absolute Gasteiger partial charge is 0.410 e. The molecule has 13 heteroatoms. The summed E-state index contributed by atoms with van der Waals surface area (Å²) in [4.78, 5) is 46.0. The predicted octanol–water partition coefficient (Wildman–Crippen LogP) is 4.14. The first-order chi connectivity index (χ1) is 20.4. The summed E-state index contributed by atoms with van der Waals surface area (Å²) in [6, 6.07) is 11.7. The van der Waals surface area contributed by atoms with E-state index in [-0.39, 0.29) is 16.9 Å². The van der Waals surface area contributed by atoms with Crippen LogP contribution in [-0.2, 0) is 29.1 Å². The maximum Gasteiger partial charge on any atom is 0.410 e. The van der Waals surface area contributed by atoms with Crippen molar-refractivity contribution >= 4 is 51.3 Å². The number of esters is 1. The normalized spacial score (nSPS) is 17.5. The van der Waals surface area contributed by atoms with Crippen LogP contribution in [0.1, 0.15) is 53.0 Å². The highest BCUT2D eigenvalue weighted by Gasteiger charge is 2.35. The van der Waals surface area contributed by atoms with Gasteiger partial charge in [-0.25, -0.2) is 13.2 Å². The summed E-state index contributed by atoms with van der Waals surface area (Å²) in [5.74, 6) is -1.62. The summed E-state index contributed by atoms with van der Waals surface area (Å²) >= 11 is 0. The van der Waals surface area contributed by atoms with E-state index in [0.717, 1.165) is 15.6 Å². The van der Waals surface area contributed by atoms with Crippen molar-refractivity contribution in [2.24, 2.45) is 4.99 Å². The molecule has 0 aromatic heterocycles. The Labute approximate surface area is 259 Å². The molecule has 1 fully saturated rings. The summed E-state index contributed by atoms with van der Waals surface area (Å²) in [6.07, 6.45) is 1.16. The molecule has 0 bridgehead atoms. The van der Waals surface area contributed by atoms with Crippen molar-refractivity contribution in [2.75, 3.05) is 50.0 Å². The zero-order chi connectivity index (χ0) is 32.4. The molecular weight excluding hydrogens is 586 g/mol. The Morgan fingerprint density at radius 1 is 1.00 bits per heavy atom. The monoisotopic (exact) mass is 627 g/mol. The van der Waals surface area contributed by atoms with Crippen LogP contribution in [0.25, 0.3) is 0 Å². The SMILES string of the molecule is CN(CC(=O)OC(C)(C)C)S(=O)(=O)c1cccc(N=CC2C(=O)Nc3cccc(N4CCN(C(=O)OC(C)(C)C)CC4)c32)c1. The standard InChI is InChI=1S/C31H41N5O7S/c1-30(2,3)42-26(37)20-34(7)44(40,41)22-11-8-10-21(18-22)32-19-23-27-24(33-28(23)38)12-9-13-25(27)35-14-16-36(17-15-35)29(39)43-31(4,5)6/h8-13,18-19,23H,14-17,20H2,1-7H3,(H,33,38). The van der Waals surface area contributed by atoms with E-state index >= 15 is 0 Å². The molecule has 12 nitrogen and oxygen atoms in total. The molecule has 2 aromatic rings. The number of nitrogens with zero attached hydrogens (tertiary/aromatic N) is 4. The van der Waals surface area contributed by atoms with Crippen LogP contribution in [0.3, 0.4) is 0 Å². The minimum Gasteiger partial charge on any atom is -0.459 e. The van der Waals surface area contributed by atoms with Crippen molar-refractivity contribution in [1.82, 2.24) is 9.21 Å². The van der Waals surface area contributed by atoms with E-state index in [4.69, 9.17) is 9.47 Å². The molecule has 238 valence electrons. The molecule has 2 aliphatic heterocycles. The number of aliphatic imine (C=N–C) groups is 1. The number of carbonyl (C=O) groups excluding carboxylic acids is 3. The summed E-state index contributed by atoms with van der Waals surface area (Å²) in [5, 5.41) is 2.91. The lowest BCUT2D eigenvalue weighted by Crippen LogP contribution is -2.50. The molecule has 1 N–H and O–H groups in total. The van der Waals surface area contributed by atoms with E-state index in [1.807, 2.05) is 39.0 Å². The lowest BCUT2D eigenvalue weighted by Gasteiger charge is -2.37. The first-order valence-corrected chi connectivity index (χ1v) is 15.9. The number of rotatable bonds is 7. The van der Waals surface area contributed by atoms with E-state index in [9.17, 15) is 22.8 Å². The van der Waals surface area contributed by atoms with E-state index in [0.29, 0.717) is 37.6 Å². The Kier molecular flexibility index (Phi) is 9.40. The third-order valence-electron chi connectivity index (χ3n) is 6.88.